The van der Waals surface area contributed by atoms with E-state index in [-0.39, 0.29) is 24.6 Å². The summed E-state index contributed by atoms with van der Waals surface area (Å²) in [5.74, 6) is 0.144. The smallest absolute Gasteiger partial charge is 0.186 e. The molecule has 0 spiro atoms. The van der Waals surface area contributed by atoms with Gasteiger partial charge in [-0.2, -0.15) is 0 Å². The number of morpholine rings is 1. The van der Waals surface area contributed by atoms with Gasteiger partial charge in [-0.3, -0.25) is 9.69 Å². The zero-order chi connectivity index (χ0) is 12.3. The van der Waals surface area contributed by atoms with Crippen LogP contribution in [0.2, 0.25) is 0 Å². The Hall–Kier alpha value is -0.750. The number of ketones is 1. The van der Waals surface area contributed by atoms with Crippen molar-refractivity contribution < 1.29 is 14.6 Å². The molecule has 0 bridgehead atoms. The van der Waals surface area contributed by atoms with Crippen molar-refractivity contribution >= 4 is 17.1 Å². The van der Waals surface area contributed by atoms with E-state index in [0.29, 0.717) is 13.1 Å². The van der Waals surface area contributed by atoms with Gasteiger partial charge in [-0.05, 0) is 18.4 Å². The molecule has 2 unspecified atom stereocenters. The van der Waals surface area contributed by atoms with Crippen molar-refractivity contribution in [1.29, 1.82) is 0 Å². The van der Waals surface area contributed by atoms with Gasteiger partial charge in [-0.1, -0.05) is 6.07 Å². The summed E-state index contributed by atoms with van der Waals surface area (Å²) in [6, 6.07) is 3.73. The Morgan fingerprint density at radius 1 is 1.65 bits per heavy atom. The van der Waals surface area contributed by atoms with Crippen molar-refractivity contribution in [3.8, 4) is 0 Å². The minimum Gasteiger partial charge on any atom is -0.394 e. The number of aliphatic hydroxyl groups excluding tert-OH is 1. The summed E-state index contributed by atoms with van der Waals surface area (Å²) < 4.78 is 5.54. The van der Waals surface area contributed by atoms with Crippen molar-refractivity contribution in [2.75, 3.05) is 26.2 Å². The summed E-state index contributed by atoms with van der Waals surface area (Å²) >= 11 is 1.47. The molecule has 1 aromatic rings. The largest absolute Gasteiger partial charge is 0.394 e. The minimum absolute atomic E-state index is 0.00797. The van der Waals surface area contributed by atoms with Gasteiger partial charge in [0.1, 0.15) is 0 Å². The summed E-state index contributed by atoms with van der Waals surface area (Å²) in [6.45, 7) is 3.74. The van der Waals surface area contributed by atoms with Crippen LogP contribution in [0.5, 0.6) is 0 Å². The highest BCUT2D eigenvalue weighted by atomic mass is 32.1. The molecule has 94 valence electrons. The molecule has 0 aliphatic carbocycles. The van der Waals surface area contributed by atoms with Crippen LogP contribution in [-0.2, 0) is 4.74 Å². The van der Waals surface area contributed by atoms with Crippen LogP contribution in [0.15, 0.2) is 17.5 Å². The number of hydrogen-bond acceptors (Lipinski definition) is 5. The molecule has 1 fully saturated rings. The Labute approximate surface area is 105 Å². The first-order chi connectivity index (χ1) is 8.19. The van der Waals surface area contributed by atoms with Crippen LogP contribution < -0.4 is 0 Å². The van der Waals surface area contributed by atoms with Crippen LogP contribution >= 0.6 is 11.3 Å². The summed E-state index contributed by atoms with van der Waals surface area (Å²) in [7, 11) is 0. The molecule has 17 heavy (non-hydrogen) atoms. The number of nitrogens with zero attached hydrogens (tertiary/aromatic N) is 1. The first-order valence-electron chi connectivity index (χ1n) is 5.74. The number of Topliss-reactive ketones (excluding diaryl/α,β-unsaturated/α-hetero) is 1. The summed E-state index contributed by atoms with van der Waals surface area (Å²) in [6.07, 6.45) is -0.105. The van der Waals surface area contributed by atoms with Gasteiger partial charge in [-0.25, -0.2) is 0 Å². The highest BCUT2D eigenvalue weighted by Gasteiger charge is 2.26. The third-order valence-electron chi connectivity index (χ3n) is 2.77. The molecular weight excluding hydrogens is 238 g/mol. The van der Waals surface area contributed by atoms with Crippen LogP contribution in [0.3, 0.4) is 0 Å². The number of hydrogen-bond donors (Lipinski definition) is 1. The SMILES string of the molecule is CC1CN(CC(=O)c2cccs2)CC(CO)O1. The van der Waals surface area contributed by atoms with Gasteiger partial charge in [0.2, 0.25) is 0 Å². The Kier molecular flexibility index (Phi) is 4.28. The molecule has 5 heteroatoms. The lowest BCUT2D eigenvalue weighted by Gasteiger charge is -2.35. The van der Waals surface area contributed by atoms with E-state index in [9.17, 15) is 4.79 Å². The van der Waals surface area contributed by atoms with Gasteiger partial charge < -0.3 is 9.84 Å². The molecule has 2 heterocycles. The Balaban J connectivity index is 1.92. The number of aliphatic hydroxyl groups is 1. The van der Waals surface area contributed by atoms with Crippen LogP contribution in [0.4, 0.5) is 0 Å². The monoisotopic (exact) mass is 255 g/mol. The fraction of sp³-hybridized carbons (Fsp3) is 0.583. The maximum atomic E-state index is 11.9. The molecule has 0 amide bonds. The quantitative estimate of drug-likeness (QED) is 0.816. The second-order valence-corrected chi connectivity index (χ2v) is 5.29. The normalized spacial score (nSPS) is 26.0. The van der Waals surface area contributed by atoms with E-state index < -0.39 is 0 Å². The summed E-state index contributed by atoms with van der Waals surface area (Å²) in [5, 5.41) is 11.0. The number of carbonyl (C=O) groups is 1. The minimum atomic E-state index is -0.171. The third-order valence-corrected chi connectivity index (χ3v) is 3.68. The van der Waals surface area contributed by atoms with E-state index in [1.165, 1.54) is 11.3 Å². The average molecular weight is 255 g/mol. The van der Waals surface area contributed by atoms with Crippen LogP contribution in [0.25, 0.3) is 0 Å². The number of ether oxygens (including phenoxy) is 1. The van der Waals surface area contributed by atoms with Crippen molar-refractivity contribution in [2.24, 2.45) is 0 Å². The van der Waals surface area contributed by atoms with E-state index in [1.807, 2.05) is 24.4 Å². The summed E-state index contributed by atoms with van der Waals surface area (Å²) in [4.78, 5) is 14.8. The van der Waals surface area contributed by atoms with Gasteiger partial charge in [-0.15, -0.1) is 11.3 Å². The molecule has 1 aliphatic heterocycles. The Morgan fingerprint density at radius 2 is 2.47 bits per heavy atom. The molecule has 4 nitrogen and oxygen atoms in total. The molecule has 1 N–H and O–H groups in total. The maximum Gasteiger partial charge on any atom is 0.186 e. The van der Waals surface area contributed by atoms with E-state index in [1.54, 1.807) is 0 Å². The molecule has 1 aliphatic rings. The zero-order valence-electron chi connectivity index (χ0n) is 9.83. The number of thiophene rings is 1. The lowest BCUT2D eigenvalue weighted by atomic mass is 10.2. The van der Waals surface area contributed by atoms with Gasteiger partial charge in [0, 0.05) is 13.1 Å². The Bertz CT molecular complexity index is 366. The van der Waals surface area contributed by atoms with Crippen LogP contribution in [0, 0.1) is 0 Å². The van der Waals surface area contributed by atoms with Gasteiger partial charge >= 0.3 is 0 Å². The predicted octanol–water partition coefficient (Wildman–Crippen LogP) is 1.01. The van der Waals surface area contributed by atoms with E-state index in [4.69, 9.17) is 9.84 Å². The Morgan fingerprint density at radius 3 is 3.12 bits per heavy atom. The van der Waals surface area contributed by atoms with Crippen LogP contribution in [-0.4, -0.2) is 54.2 Å². The van der Waals surface area contributed by atoms with Gasteiger partial charge in [0.25, 0.3) is 0 Å². The van der Waals surface area contributed by atoms with Gasteiger partial charge in [0.05, 0.1) is 30.2 Å². The second kappa shape index (κ2) is 5.73. The molecule has 1 saturated heterocycles. The fourth-order valence-corrected chi connectivity index (χ4v) is 2.75. The van der Waals surface area contributed by atoms with Crippen LogP contribution in [0.1, 0.15) is 16.6 Å². The number of rotatable bonds is 4. The van der Waals surface area contributed by atoms with E-state index in [2.05, 4.69) is 4.90 Å². The predicted molar refractivity (Wildman–Crippen MR) is 66.5 cm³/mol. The molecular formula is C12H17NO3S. The van der Waals surface area contributed by atoms with E-state index in [0.717, 1.165) is 11.4 Å². The van der Waals surface area contributed by atoms with Gasteiger partial charge in [0.15, 0.2) is 5.78 Å². The first-order valence-corrected chi connectivity index (χ1v) is 6.62. The van der Waals surface area contributed by atoms with Crippen molar-refractivity contribution in [3.63, 3.8) is 0 Å². The lowest BCUT2D eigenvalue weighted by Crippen LogP contribution is -2.49. The first kappa shape index (κ1) is 12.7. The maximum absolute atomic E-state index is 11.9. The second-order valence-electron chi connectivity index (χ2n) is 4.35. The van der Waals surface area contributed by atoms with E-state index >= 15 is 0 Å². The number of carbonyl (C=O) groups excluding carboxylic acids is 1. The standard InChI is InChI=1S/C12H17NO3S/c1-9-5-13(6-10(8-14)16-9)7-11(15)12-3-2-4-17-12/h2-4,9-10,14H,5-8H2,1H3. The lowest BCUT2D eigenvalue weighted by molar-refractivity contribution is -0.0926. The highest BCUT2D eigenvalue weighted by Crippen LogP contribution is 2.14. The molecule has 0 radical (unpaired) electrons. The average Bonchev–Trinajstić information content (AvgIpc) is 2.81. The topological polar surface area (TPSA) is 49.8 Å². The molecule has 0 saturated carbocycles. The van der Waals surface area contributed by atoms with Crippen molar-refractivity contribution in [3.05, 3.63) is 22.4 Å². The highest BCUT2D eigenvalue weighted by molar-refractivity contribution is 7.12. The third kappa shape index (κ3) is 3.35. The zero-order valence-corrected chi connectivity index (χ0v) is 10.7. The molecule has 2 atom stereocenters. The molecule has 0 aromatic carbocycles. The molecule has 1 aromatic heterocycles. The molecule has 2 rings (SSSR count). The van der Waals surface area contributed by atoms with Crippen molar-refractivity contribution in [2.45, 2.75) is 19.1 Å². The van der Waals surface area contributed by atoms with Crippen molar-refractivity contribution in [1.82, 2.24) is 4.90 Å². The fourth-order valence-electron chi connectivity index (χ4n) is 2.09. The summed E-state index contributed by atoms with van der Waals surface area (Å²) in [5.41, 5.74) is 0.